The first-order valence-electron chi connectivity index (χ1n) is 8.37. The van der Waals surface area contributed by atoms with E-state index >= 15 is 0 Å². The van der Waals surface area contributed by atoms with Gasteiger partial charge in [0.2, 0.25) is 5.91 Å². The zero-order valence-electron chi connectivity index (χ0n) is 15.0. The molecule has 0 fully saturated rings. The molecule has 8 heteroatoms. The molecule has 1 amide bonds. The highest BCUT2D eigenvalue weighted by Gasteiger charge is 2.20. The van der Waals surface area contributed by atoms with Gasteiger partial charge in [0.05, 0.1) is 9.99 Å². The van der Waals surface area contributed by atoms with E-state index in [1.54, 1.807) is 9.95 Å². The van der Waals surface area contributed by atoms with Gasteiger partial charge in [0.25, 0.3) is 5.56 Å². The van der Waals surface area contributed by atoms with Crippen LogP contribution in [0.2, 0.25) is 0 Å². The van der Waals surface area contributed by atoms with Crippen molar-refractivity contribution in [2.24, 2.45) is 0 Å². The van der Waals surface area contributed by atoms with Crippen LogP contribution in [0.5, 0.6) is 0 Å². The van der Waals surface area contributed by atoms with E-state index in [4.69, 9.17) is 0 Å². The van der Waals surface area contributed by atoms with Crippen LogP contribution in [0.25, 0.3) is 10.2 Å². The smallest absolute Gasteiger partial charge is 0.332 e. The number of fused-ring (bicyclic) bond motifs is 1. The lowest BCUT2D eigenvalue weighted by molar-refractivity contribution is -0.123. The Balaban J connectivity index is 2.52. The van der Waals surface area contributed by atoms with Crippen LogP contribution in [0, 0.1) is 0 Å². The number of carbonyl (C=O) groups is 1. The van der Waals surface area contributed by atoms with E-state index in [1.807, 2.05) is 20.8 Å². The highest BCUT2D eigenvalue weighted by Crippen LogP contribution is 2.27. The highest BCUT2D eigenvalue weighted by atomic mass is 79.9. The van der Waals surface area contributed by atoms with Crippen molar-refractivity contribution in [1.29, 1.82) is 0 Å². The molecule has 1 N–H and O–H groups in total. The summed E-state index contributed by atoms with van der Waals surface area (Å²) in [5.74, 6) is -0.346. The number of thiophene rings is 1. The third-order valence-corrected chi connectivity index (χ3v) is 5.56. The Kier molecular flexibility index (Phi) is 6.26. The van der Waals surface area contributed by atoms with E-state index in [-0.39, 0.29) is 12.5 Å². The minimum atomic E-state index is -0.434. The van der Waals surface area contributed by atoms with E-state index in [0.29, 0.717) is 16.8 Å². The van der Waals surface area contributed by atoms with Gasteiger partial charge in [0.15, 0.2) is 0 Å². The molecule has 0 spiro atoms. The minimum Gasteiger partial charge on any atom is -0.350 e. The molecule has 2 rings (SSSR count). The van der Waals surface area contributed by atoms with Crippen molar-refractivity contribution < 1.29 is 4.79 Å². The van der Waals surface area contributed by atoms with Crippen molar-refractivity contribution in [3.05, 3.63) is 30.7 Å². The van der Waals surface area contributed by atoms with E-state index in [2.05, 4.69) is 28.2 Å². The number of nitrogens with one attached hydrogen (secondary N) is 1. The molecule has 0 bridgehead atoms. The molecule has 2 aromatic rings. The average Bonchev–Trinajstić information content (AvgIpc) is 2.87. The normalized spacial score (nSPS) is 11.9. The monoisotopic (exact) mass is 429 g/mol. The van der Waals surface area contributed by atoms with Gasteiger partial charge in [-0.05, 0) is 43.1 Å². The lowest BCUT2D eigenvalue weighted by Gasteiger charge is -2.21. The molecule has 2 aromatic heterocycles. The number of halogens is 1. The summed E-state index contributed by atoms with van der Waals surface area (Å²) in [6.45, 7) is 7.92. The van der Waals surface area contributed by atoms with Crippen molar-refractivity contribution in [1.82, 2.24) is 14.5 Å². The number of carbonyl (C=O) groups excluding carboxylic acids is 1. The molecule has 0 aliphatic carbocycles. The molecule has 25 heavy (non-hydrogen) atoms. The predicted octanol–water partition coefficient (Wildman–Crippen LogP) is 3.09. The van der Waals surface area contributed by atoms with Gasteiger partial charge in [-0.15, -0.1) is 11.3 Å². The zero-order chi connectivity index (χ0) is 18.8. The maximum atomic E-state index is 12.9. The molecule has 0 aliphatic heterocycles. The summed E-state index contributed by atoms with van der Waals surface area (Å²) >= 11 is 4.72. The second-order valence-electron chi connectivity index (χ2n) is 7.09. The summed E-state index contributed by atoms with van der Waals surface area (Å²) in [6.07, 6.45) is 2.88. The van der Waals surface area contributed by atoms with Gasteiger partial charge in [-0.1, -0.05) is 19.8 Å². The van der Waals surface area contributed by atoms with Crippen LogP contribution in [0.4, 0.5) is 0 Å². The number of hydrogen-bond acceptors (Lipinski definition) is 4. The van der Waals surface area contributed by atoms with Crippen LogP contribution in [-0.2, 0) is 17.9 Å². The Morgan fingerprint density at radius 3 is 2.52 bits per heavy atom. The first-order chi connectivity index (χ1) is 11.7. The van der Waals surface area contributed by atoms with Crippen LogP contribution in [-0.4, -0.2) is 20.6 Å². The fourth-order valence-electron chi connectivity index (χ4n) is 2.65. The third-order valence-electron chi connectivity index (χ3n) is 3.69. The molecule has 0 saturated heterocycles. The van der Waals surface area contributed by atoms with Gasteiger partial charge in [-0.3, -0.25) is 14.2 Å². The van der Waals surface area contributed by atoms with Crippen molar-refractivity contribution >= 4 is 43.4 Å². The number of hydrogen-bond donors (Lipinski definition) is 1. The van der Waals surface area contributed by atoms with Crippen LogP contribution in [0.1, 0.15) is 47.0 Å². The summed E-state index contributed by atoms with van der Waals surface area (Å²) in [5, 5.41) is 4.60. The topological polar surface area (TPSA) is 73.1 Å². The second-order valence-corrected chi connectivity index (χ2v) is 8.83. The van der Waals surface area contributed by atoms with Crippen LogP contribution in [0.15, 0.2) is 19.4 Å². The summed E-state index contributed by atoms with van der Waals surface area (Å²) in [4.78, 5) is 37.8. The Labute approximate surface area is 159 Å². The molecule has 2 heterocycles. The van der Waals surface area contributed by atoms with Crippen molar-refractivity contribution in [2.75, 3.05) is 0 Å². The quantitative estimate of drug-likeness (QED) is 0.716. The lowest BCUT2D eigenvalue weighted by atomic mass is 10.1. The summed E-state index contributed by atoms with van der Waals surface area (Å²) in [5.41, 5.74) is -0.636. The maximum absolute atomic E-state index is 12.9. The standard InChI is InChI=1S/C17H24BrN3O3S/c1-5-6-7-8-20-13-11(18)10-25-14(13)15(23)21(16(20)24)9-12(22)19-17(2,3)4/h10H,5-9H2,1-4H3,(H,19,22). The number of rotatable bonds is 6. The Morgan fingerprint density at radius 2 is 1.92 bits per heavy atom. The van der Waals surface area contributed by atoms with Crippen LogP contribution < -0.4 is 16.6 Å². The summed E-state index contributed by atoms with van der Waals surface area (Å²) < 4.78 is 3.88. The molecule has 0 atom stereocenters. The molecular weight excluding hydrogens is 406 g/mol. The molecule has 138 valence electrons. The van der Waals surface area contributed by atoms with Gasteiger partial charge in [-0.25, -0.2) is 9.36 Å². The highest BCUT2D eigenvalue weighted by molar-refractivity contribution is 9.10. The molecule has 0 radical (unpaired) electrons. The molecule has 0 aliphatic rings. The van der Waals surface area contributed by atoms with Crippen molar-refractivity contribution in [3.8, 4) is 0 Å². The first kappa shape index (κ1) is 19.9. The van der Waals surface area contributed by atoms with Crippen molar-refractivity contribution in [2.45, 2.75) is 65.6 Å². The van der Waals surface area contributed by atoms with Gasteiger partial charge in [0, 0.05) is 17.5 Å². The Bertz CT molecular complexity index is 889. The number of aromatic nitrogens is 2. The van der Waals surface area contributed by atoms with Crippen molar-refractivity contribution in [3.63, 3.8) is 0 Å². The van der Waals surface area contributed by atoms with Crippen LogP contribution >= 0.6 is 27.3 Å². The Hall–Kier alpha value is -1.41. The average molecular weight is 430 g/mol. The van der Waals surface area contributed by atoms with E-state index in [1.165, 1.54) is 11.3 Å². The SMILES string of the molecule is CCCCCn1c(=O)n(CC(=O)NC(C)(C)C)c(=O)c2scc(Br)c21. The van der Waals surface area contributed by atoms with Gasteiger partial charge < -0.3 is 5.32 Å². The van der Waals surface area contributed by atoms with E-state index < -0.39 is 16.8 Å². The van der Waals surface area contributed by atoms with Gasteiger partial charge >= 0.3 is 5.69 Å². The maximum Gasteiger partial charge on any atom is 0.332 e. The number of unbranched alkanes of at least 4 members (excludes halogenated alkanes) is 2. The fourth-order valence-corrected chi connectivity index (χ4v) is 4.35. The molecule has 0 unspecified atom stereocenters. The number of nitrogens with zero attached hydrogens (tertiary/aromatic N) is 2. The zero-order valence-corrected chi connectivity index (χ0v) is 17.4. The number of amides is 1. The molecule has 0 saturated carbocycles. The molecule has 6 nitrogen and oxygen atoms in total. The second kappa shape index (κ2) is 7.86. The van der Waals surface area contributed by atoms with E-state index in [9.17, 15) is 14.4 Å². The predicted molar refractivity (Wildman–Crippen MR) is 105 cm³/mol. The largest absolute Gasteiger partial charge is 0.350 e. The van der Waals surface area contributed by atoms with Gasteiger partial charge in [-0.2, -0.15) is 0 Å². The van der Waals surface area contributed by atoms with Gasteiger partial charge in [0.1, 0.15) is 11.2 Å². The number of aryl methyl sites for hydroxylation is 1. The minimum absolute atomic E-state index is 0.270. The fraction of sp³-hybridized carbons (Fsp3) is 0.588. The van der Waals surface area contributed by atoms with E-state index in [0.717, 1.165) is 28.3 Å². The Morgan fingerprint density at radius 1 is 1.24 bits per heavy atom. The van der Waals surface area contributed by atoms with Crippen LogP contribution in [0.3, 0.4) is 0 Å². The summed E-state index contributed by atoms with van der Waals surface area (Å²) in [7, 11) is 0. The molecule has 0 aromatic carbocycles. The summed E-state index contributed by atoms with van der Waals surface area (Å²) in [6, 6.07) is 0. The molecular formula is C17H24BrN3O3S. The third kappa shape index (κ3) is 4.61. The lowest BCUT2D eigenvalue weighted by Crippen LogP contribution is -2.47. The first-order valence-corrected chi connectivity index (χ1v) is 10.0.